The Bertz CT molecular complexity index is 344. The van der Waals surface area contributed by atoms with Gasteiger partial charge in [0.2, 0.25) is 0 Å². The molecule has 2 heterocycles. The molecule has 1 saturated heterocycles. The maximum absolute atomic E-state index is 4.57. The quantitative estimate of drug-likeness (QED) is 0.670. The Labute approximate surface area is 98.1 Å². The van der Waals surface area contributed by atoms with E-state index in [0.29, 0.717) is 0 Å². The highest BCUT2D eigenvalue weighted by molar-refractivity contribution is 5.64. The molecule has 2 aliphatic heterocycles. The van der Waals surface area contributed by atoms with Crippen molar-refractivity contribution in [3.63, 3.8) is 0 Å². The van der Waals surface area contributed by atoms with Gasteiger partial charge in [0.15, 0.2) is 0 Å². The van der Waals surface area contributed by atoms with Crippen LogP contribution in [0.2, 0.25) is 0 Å². The third-order valence-corrected chi connectivity index (χ3v) is 3.47. The van der Waals surface area contributed by atoms with E-state index in [4.69, 9.17) is 0 Å². The molecule has 0 saturated carbocycles. The van der Waals surface area contributed by atoms with Crippen molar-refractivity contribution in [2.24, 2.45) is 4.99 Å². The second kappa shape index (κ2) is 4.83. The Morgan fingerprint density at radius 3 is 2.50 bits per heavy atom. The average Bonchev–Trinajstić information content (AvgIpc) is 2.43. The monoisotopic (exact) mass is 219 g/mol. The summed E-state index contributed by atoms with van der Waals surface area (Å²) in [4.78, 5) is 9.33. The van der Waals surface area contributed by atoms with Gasteiger partial charge in [-0.3, -0.25) is 0 Å². The summed E-state index contributed by atoms with van der Waals surface area (Å²) in [5, 5.41) is 0. The fourth-order valence-electron chi connectivity index (χ4n) is 2.00. The zero-order chi connectivity index (χ0) is 11.5. The van der Waals surface area contributed by atoms with Gasteiger partial charge in [-0.05, 0) is 32.5 Å². The van der Waals surface area contributed by atoms with Gasteiger partial charge in [-0.2, -0.15) is 0 Å². The van der Waals surface area contributed by atoms with E-state index in [2.05, 4.69) is 41.8 Å². The van der Waals surface area contributed by atoms with Crippen molar-refractivity contribution >= 4 is 6.21 Å². The fraction of sp³-hybridized carbons (Fsp3) is 0.615. The summed E-state index contributed by atoms with van der Waals surface area (Å²) in [6.45, 7) is 8.81. The van der Waals surface area contributed by atoms with Crippen molar-refractivity contribution in [3.8, 4) is 0 Å². The Morgan fingerprint density at radius 1 is 1.12 bits per heavy atom. The minimum atomic E-state index is 0.986. The lowest BCUT2D eigenvalue weighted by Gasteiger charge is -2.33. The van der Waals surface area contributed by atoms with Crippen LogP contribution < -0.4 is 0 Å². The van der Waals surface area contributed by atoms with Crippen LogP contribution in [-0.4, -0.2) is 49.2 Å². The van der Waals surface area contributed by atoms with Gasteiger partial charge in [-0.1, -0.05) is 5.57 Å². The van der Waals surface area contributed by atoms with Gasteiger partial charge < -0.3 is 9.80 Å². The molecule has 0 N–H and O–H groups in total. The highest BCUT2D eigenvalue weighted by Gasteiger charge is 2.16. The van der Waals surface area contributed by atoms with E-state index in [-0.39, 0.29) is 0 Å². The molecule has 0 bridgehead atoms. The molecule has 2 aliphatic rings. The van der Waals surface area contributed by atoms with Crippen molar-refractivity contribution in [2.45, 2.75) is 20.3 Å². The van der Waals surface area contributed by atoms with Crippen LogP contribution in [0.25, 0.3) is 0 Å². The van der Waals surface area contributed by atoms with Crippen molar-refractivity contribution in [1.29, 1.82) is 0 Å². The summed E-state index contributed by atoms with van der Waals surface area (Å²) in [7, 11) is 2.18. The van der Waals surface area contributed by atoms with Crippen molar-refractivity contribution in [1.82, 2.24) is 9.80 Å². The highest BCUT2D eigenvalue weighted by atomic mass is 15.3. The topological polar surface area (TPSA) is 18.8 Å². The van der Waals surface area contributed by atoms with Gasteiger partial charge in [0.25, 0.3) is 0 Å². The molecule has 16 heavy (non-hydrogen) atoms. The number of piperazine rings is 1. The van der Waals surface area contributed by atoms with Crippen molar-refractivity contribution < 1.29 is 0 Å². The molecule has 0 unspecified atom stereocenters. The number of hydrogen-bond donors (Lipinski definition) is 0. The van der Waals surface area contributed by atoms with Crippen LogP contribution in [0.1, 0.15) is 20.3 Å². The molecule has 0 aromatic rings. The first-order chi connectivity index (χ1) is 7.66. The number of nitrogens with zero attached hydrogens (tertiary/aromatic N) is 3. The summed E-state index contributed by atoms with van der Waals surface area (Å²) < 4.78 is 0. The third kappa shape index (κ3) is 2.53. The first-order valence-electron chi connectivity index (χ1n) is 6.01. The Morgan fingerprint density at radius 2 is 1.81 bits per heavy atom. The molecular formula is C13H21N3. The molecule has 0 radical (unpaired) electrons. The normalized spacial score (nSPS) is 23.4. The van der Waals surface area contributed by atoms with Crippen molar-refractivity contribution in [2.75, 3.05) is 33.2 Å². The number of rotatable bonds is 1. The Balaban J connectivity index is 2.12. The second-order valence-electron chi connectivity index (χ2n) is 4.77. The smallest absolute Gasteiger partial charge is 0.128 e. The number of aliphatic imine (C=N–C) groups is 1. The number of hydrogen-bond acceptors (Lipinski definition) is 3. The summed E-state index contributed by atoms with van der Waals surface area (Å²) >= 11 is 0. The predicted molar refractivity (Wildman–Crippen MR) is 68.6 cm³/mol. The fourth-order valence-corrected chi connectivity index (χ4v) is 2.00. The van der Waals surface area contributed by atoms with E-state index in [1.165, 1.54) is 11.1 Å². The van der Waals surface area contributed by atoms with E-state index in [1.807, 2.05) is 6.21 Å². The summed E-state index contributed by atoms with van der Waals surface area (Å²) in [6, 6.07) is 0. The number of likely N-dealkylation sites (N-methyl/N-ethyl adjacent to an activating group) is 1. The lowest BCUT2D eigenvalue weighted by molar-refractivity contribution is 0.185. The molecule has 0 spiro atoms. The molecule has 0 aromatic carbocycles. The molecule has 2 rings (SSSR count). The van der Waals surface area contributed by atoms with E-state index in [0.717, 1.165) is 38.4 Å². The highest BCUT2D eigenvalue weighted by Crippen LogP contribution is 2.18. The summed E-state index contributed by atoms with van der Waals surface area (Å²) in [6.07, 6.45) is 5.25. The second-order valence-corrected chi connectivity index (χ2v) is 4.77. The molecule has 0 aromatic heterocycles. The number of allylic oxidation sites excluding steroid dienone is 3. The first-order valence-corrected chi connectivity index (χ1v) is 6.01. The largest absolute Gasteiger partial charge is 0.354 e. The van der Waals surface area contributed by atoms with Crippen LogP contribution in [0.3, 0.4) is 0 Å². The maximum Gasteiger partial charge on any atom is 0.128 e. The minimum absolute atomic E-state index is 0.986. The first kappa shape index (κ1) is 11.4. The Hall–Kier alpha value is -1.09. The third-order valence-electron chi connectivity index (χ3n) is 3.47. The van der Waals surface area contributed by atoms with Gasteiger partial charge in [-0.15, -0.1) is 0 Å². The minimum Gasteiger partial charge on any atom is -0.354 e. The van der Waals surface area contributed by atoms with Crippen LogP contribution >= 0.6 is 0 Å². The lowest BCUT2D eigenvalue weighted by Crippen LogP contribution is -2.43. The molecular weight excluding hydrogens is 198 g/mol. The van der Waals surface area contributed by atoms with Crippen LogP contribution in [-0.2, 0) is 0 Å². The maximum atomic E-state index is 4.57. The molecule has 1 fully saturated rings. The molecule has 0 aliphatic carbocycles. The molecule has 88 valence electrons. The van der Waals surface area contributed by atoms with Crippen LogP contribution in [0.4, 0.5) is 0 Å². The Kier molecular flexibility index (Phi) is 3.44. The zero-order valence-electron chi connectivity index (χ0n) is 10.5. The van der Waals surface area contributed by atoms with Gasteiger partial charge in [0, 0.05) is 38.8 Å². The van der Waals surface area contributed by atoms with Gasteiger partial charge in [-0.25, -0.2) is 4.99 Å². The summed E-state index contributed by atoms with van der Waals surface area (Å²) in [5.74, 6) is 1.14. The lowest BCUT2D eigenvalue weighted by atomic mass is 10.1. The average molecular weight is 219 g/mol. The van der Waals surface area contributed by atoms with E-state index >= 15 is 0 Å². The molecule has 0 atom stereocenters. The molecule has 3 heteroatoms. The van der Waals surface area contributed by atoms with E-state index in [1.54, 1.807) is 0 Å². The van der Waals surface area contributed by atoms with Crippen LogP contribution in [0.5, 0.6) is 0 Å². The molecule has 3 nitrogen and oxygen atoms in total. The van der Waals surface area contributed by atoms with Gasteiger partial charge in [0.05, 0.1) is 0 Å². The van der Waals surface area contributed by atoms with E-state index < -0.39 is 0 Å². The standard InChI is InChI=1S/C13H21N3/c1-11-4-5-14-13(10-12(11)2)16-8-6-15(3)7-9-16/h5,10H,4,6-9H2,1-3H3. The van der Waals surface area contributed by atoms with Crippen LogP contribution in [0, 0.1) is 0 Å². The van der Waals surface area contributed by atoms with Crippen molar-refractivity contribution in [3.05, 3.63) is 23.0 Å². The van der Waals surface area contributed by atoms with Crippen LogP contribution in [0.15, 0.2) is 28.0 Å². The van der Waals surface area contributed by atoms with E-state index in [9.17, 15) is 0 Å². The SMILES string of the molecule is CC1=C(C)CC=NC(N2CCN(C)CC2)=C1. The molecule has 0 amide bonds. The van der Waals surface area contributed by atoms with Gasteiger partial charge in [0.1, 0.15) is 5.82 Å². The van der Waals surface area contributed by atoms with Gasteiger partial charge >= 0.3 is 0 Å². The predicted octanol–water partition coefficient (Wildman–Crippen LogP) is 1.89. The summed E-state index contributed by atoms with van der Waals surface area (Å²) in [5.41, 5.74) is 2.79. The zero-order valence-corrected chi connectivity index (χ0v) is 10.5.